The Hall–Kier alpha value is -3.56. The molecular weight excluding hydrogens is 480 g/mol. The molecule has 0 unspecified atom stereocenters. The van der Waals surface area contributed by atoms with Crippen molar-refractivity contribution in [3.8, 4) is 17.2 Å². The first-order valence-electron chi connectivity index (χ1n) is 10.2. The van der Waals surface area contributed by atoms with Gasteiger partial charge in [0.05, 0.1) is 30.0 Å². The molecule has 0 aliphatic carbocycles. The number of carbonyl (C=O) groups excluding carboxylic acids is 1. The Kier molecular flexibility index (Phi) is 5.66. The number of carbonyl (C=O) groups is 1. The number of esters is 1. The lowest BCUT2D eigenvalue weighted by molar-refractivity contribution is -0.136. The molecule has 3 heterocycles. The van der Waals surface area contributed by atoms with Crippen molar-refractivity contribution < 1.29 is 23.7 Å². The molecule has 3 aromatic rings. The highest BCUT2D eigenvalue weighted by atomic mass is 35.5. The molecule has 0 N–H and O–H groups in total. The van der Waals surface area contributed by atoms with Crippen molar-refractivity contribution in [2.75, 3.05) is 21.0 Å². The Balaban J connectivity index is 1.75. The molecule has 2 aliphatic rings. The number of ether oxygens (including phenoxy) is 4. The van der Waals surface area contributed by atoms with Gasteiger partial charge < -0.3 is 18.9 Å². The fourth-order valence-electron chi connectivity index (χ4n) is 4.06. The van der Waals surface area contributed by atoms with Crippen LogP contribution in [0.4, 0.5) is 0 Å². The highest BCUT2D eigenvalue weighted by molar-refractivity contribution is 7.07. The highest BCUT2D eigenvalue weighted by Gasteiger charge is 2.35. The summed E-state index contributed by atoms with van der Waals surface area (Å²) in [4.78, 5) is 31.5. The number of fused-ring (bicyclic) bond motifs is 2. The molecule has 0 saturated carbocycles. The number of methoxy groups -OCH3 is 2. The second-order valence-electron chi connectivity index (χ2n) is 7.57. The summed E-state index contributed by atoms with van der Waals surface area (Å²) in [5.74, 6) is 1.17. The van der Waals surface area contributed by atoms with E-state index in [9.17, 15) is 9.59 Å². The quantitative estimate of drug-likeness (QED) is 0.514. The molecule has 0 fully saturated rings. The minimum absolute atomic E-state index is 0.165. The monoisotopic (exact) mass is 498 g/mol. The van der Waals surface area contributed by atoms with Crippen molar-refractivity contribution in [2.45, 2.75) is 13.0 Å². The maximum absolute atomic E-state index is 13.7. The molecule has 0 bridgehead atoms. The van der Waals surface area contributed by atoms with E-state index in [1.807, 2.05) is 12.1 Å². The van der Waals surface area contributed by atoms with Crippen LogP contribution in [0.3, 0.4) is 0 Å². The number of rotatable bonds is 4. The average molecular weight is 499 g/mol. The summed E-state index contributed by atoms with van der Waals surface area (Å²) in [6.07, 6.45) is 1.76. The topological polar surface area (TPSA) is 88.4 Å². The lowest BCUT2D eigenvalue weighted by Gasteiger charge is -2.25. The molecule has 5 rings (SSSR count). The molecule has 1 aromatic heterocycles. The van der Waals surface area contributed by atoms with Gasteiger partial charge >= 0.3 is 5.97 Å². The largest absolute Gasteiger partial charge is 0.496 e. The van der Waals surface area contributed by atoms with Gasteiger partial charge in [-0.3, -0.25) is 9.36 Å². The number of thiazole rings is 1. The molecule has 1 atom stereocenters. The van der Waals surface area contributed by atoms with Crippen LogP contribution in [-0.2, 0) is 9.53 Å². The van der Waals surface area contributed by atoms with Gasteiger partial charge in [-0.2, -0.15) is 0 Å². The van der Waals surface area contributed by atoms with Crippen LogP contribution in [0.15, 0.2) is 57.5 Å². The molecule has 10 heteroatoms. The Morgan fingerprint density at radius 2 is 2.00 bits per heavy atom. The van der Waals surface area contributed by atoms with E-state index >= 15 is 0 Å². The van der Waals surface area contributed by atoms with E-state index in [-0.39, 0.29) is 17.9 Å². The zero-order chi connectivity index (χ0) is 24.0. The second-order valence-corrected chi connectivity index (χ2v) is 9.02. The predicted octanol–water partition coefficient (Wildman–Crippen LogP) is 2.80. The standard InChI is InChI=1S/C24H19ClN2O6S/c1-12-20(23(29)31-3)21(15-10-14(25)5-7-16(15)30-2)27-22(28)19(34-24(27)26-12)9-13-4-6-17-18(8-13)33-11-32-17/h4-10,21H,11H2,1-3H3/b19-9-/t21-/m1/s1. The fraction of sp³-hybridized carbons (Fsp3) is 0.208. The van der Waals surface area contributed by atoms with Crippen molar-refractivity contribution in [2.24, 2.45) is 4.99 Å². The summed E-state index contributed by atoms with van der Waals surface area (Å²) in [6.45, 7) is 1.88. The molecule has 34 heavy (non-hydrogen) atoms. The summed E-state index contributed by atoms with van der Waals surface area (Å²) in [5.41, 5.74) is 1.72. The second kappa shape index (κ2) is 8.66. The molecule has 2 aliphatic heterocycles. The molecule has 8 nitrogen and oxygen atoms in total. The van der Waals surface area contributed by atoms with Crippen LogP contribution in [0.25, 0.3) is 6.08 Å². The normalized spacial score (nSPS) is 16.8. The van der Waals surface area contributed by atoms with E-state index < -0.39 is 12.0 Å². The van der Waals surface area contributed by atoms with Crippen molar-refractivity contribution in [3.05, 3.63) is 83.5 Å². The molecular formula is C24H19ClN2O6S. The third-order valence-corrected chi connectivity index (χ3v) is 6.83. The number of nitrogens with zero attached hydrogens (tertiary/aromatic N) is 2. The minimum Gasteiger partial charge on any atom is -0.496 e. The Labute approximate surface area is 202 Å². The van der Waals surface area contributed by atoms with Gasteiger partial charge in [0, 0.05) is 10.6 Å². The van der Waals surface area contributed by atoms with E-state index in [0.29, 0.717) is 42.9 Å². The zero-order valence-electron chi connectivity index (χ0n) is 18.5. The van der Waals surface area contributed by atoms with Gasteiger partial charge in [0.1, 0.15) is 11.8 Å². The van der Waals surface area contributed by atoms with Gasteiger partial charge in [0.2, 0.25) is 6.79 Å². The zero-order valence-corrected chi connectivity index (χ0v) is 20.0. The van der Waals surface area contributed by atoms with E-state index in [1.165, 1.54) is 30.1 Å². The maximum atomic E-state index is 13.7. The number of hydrogen-bond acceptors (Lipinski definition) is 8. The molecule has 0 saturated heterocycles. The average Bonchev–Trinajstić information content (AvgIpc) is 3.41. The van der Waals surface area contributed by atoms with Crippen molar-refractivity contribution in [3.63, 3.8) is 0 Å². The number of allylic oxidation sites excluding steroid dienone is 1. The Morgan fingerprint density at radius 1 is 1.21 bits per heavy atom. The van der Waals surface area contributed by atoms with Crippen molar-refractivity contribution in [1.82, 2.24) is 4.57 Å². The number of halogens is 1. The summed E-state index contributed by atoms with van der Waals surface area (Å²) < 4.78 is 23.3. The first-order valence-corrected chi connectivity index (χ1v) is 11.4. The first kappa shape index (κ1) is 22.2. The van der Waals surface area contributed by atoms with Crippen molar-refractivity contribution >= 4 is 35.0 Å². The lowest BCUT2D eigenvalue weighted by Crippen LogP contribution is -2.40. The van der Waals surface area contributed by atoms with E-state index in [0.717, 1.165) is 5.56 Å². The minimum atomic E-state index is -0.823. The molecule has 0 spiro atoms. The third kappa shape index (κ3) is 3.66. The van der Waals surface area contributed by atoms with E-state index in [1.54, 1.807) is 37.3 Å². The summed E-state index contributed by atoms with van der Waals surface area (Å²) >= 11 is 7.52. The number of aromatic nitrogens is 1. The summed E-state index contributed by atoms with van der Waals surface area (Å²) in [5, 5.41) is 0.442. The van der Waals surface area contributed by atoms with Gasteiger partial charge in [-0.15, -0.1) is 0 Å². The number of hydrogen-bond donors (Lipinski definition) is 0. The Morgan fingerprint density at radius 3 is 2.76 bits per heavy atom. The molecule has 174 valence electrons. The van der Waals surface area contributed by atoms with Crippen LogP contribution < -0.4 is 29.1 Å². The molecule has 0 amide bonds. The highest BCUT2D eigenvalue weighted by Crippen LogP contribution is 2.37. The summed E-state index contributed by atoms with van der Waals surface area (Å²) in [6, 6.07) is 9.69. The maximum Gasteiger partial charge on any atom is 0.338 e. The van der Waals surface area contributed by atoms with E-state index in [2.05, 4.69) is 4.99 Å². The van der Waals surface area contributed by atoms with Crippen LogP contribution in [0.5, 0.6) is 17.2 Å². The van der Waals surface area contributed by atoms with Gasteiger partial charge in [-0.25, -0.2) is 9.79 Å². The SMILES string of the molecule is COC(=O)C1=C(C)N=c2s/c(=C\c3ccc4c(c3)OCO4)c(=O)n2[C@@H]1c1cc(Cl)ccc1OC. The van der Waals surface area contributed by atoms with E-state index in [4.69, 9.17) is 30.5 Å². The van der Waals surface area contributed by atoms with Gasteiger partial charge in [-0.1, -0.05) is 29.0 Å². The van der Waals surface area contributed by atoms with Crippen molar-refractivity contribution in [1.29, 1.82) is 0 Å². The van der Waals surface area contributed by atoms with Crippen LogP contribution in [0.1, 0.15) is 24.1 Å². The third-order valence-electron chi connectivity index (χ3n) is 5.61. The number of benzene rings is 2. The first-order chi connectivity index (χ1) is 16.4. The van der Waals surface area contributed by atoms with Gasteiger partial charge in [-0.05, 0) is 48.9 Å². The summed E-state index contributed by atoms with van der Waals surface area (Å²) in [7, 11) is 2.81. The fourth-order valence-corrected chi connectivity index (χ4v) is 5.29. The van der Waals surface area contributed by atoms with Crippen LogP contribution in [-0.4, -0.2) is 31.5 Å². The van der Waals surface area contributed by atoms with Crippen LogP contribution in [0, 0.1) is 0 Å². The predicted molar refractivity (Wildman–Crippen MR) is 126 cm³/mol. The van der Waals surface area contributed by atoms with Crippen LogP contribution >= 0.6 is 22.9 Å². The van der Waals surface area contributed by atoms with Crippen LogP contribution in [0.2, 0.25) is 5.02 Å². The lowest BCUT2D eigenvalue weighted by atomic mass is 9.95. The smallest absolute Gasteiger partial charge is 0.338 e. The Bertz CT molecular complexity index is 1540. The van der Waals surface area contributed by atoms with Gasteiger partial charge in [0.15, 0.2) is 16.3 Å². The molecule has 0 radical (unpaired) electrons. The van der Waals surface area contributed by atoms with Gasteiger partial charge in [0.25, 0.3) is 5.56 Å². The molecule has 2 aromatic carbocycles.